The molecule has 0 spiro atoms. The summed E-state index contributed by atoms with van der Waals surface area (Å²) in [5, 5.41) is 7.75. The number of hydroxylamine groups is 1. The van der Waals surface area contributed by atoms with Gasteiger partial charge in [-0.2, -0.15) is 0 Å². The number of carbonyl (C=O) groups is 1. The van der Waals surface area contributed by atoms with Crippen molar-refractivity contribution in [3.05, 3.63) is 28.8 Å². The number of nitrogens with one attached hydrogen (secondary N) is 2. The first-order valence-corrected chi connectivity index (χ1v) is 5.09. The van der Waals surface area contributed by atoms with Gasteiger partial charge in [0, 0.05) is 0 Å². The molecular weight excluding hydrogens is 279 g/mol. The fraction of sp³-hybridized carbons (Fsp3) is 0.200. The fourth-order valence-corrected chi connectivity index (χ4v) is 1.68. The summed E-state index contributed by atoms with van der Waals surface area (Å²) in [5.74, 6) is -0.448. The summed E-state index contributed by atoms with van der Waals surface area (Å²) in [6.07, 6.45) is 0. The van der Waals surface area contributed by atoms with Gasteiger partial charge in [0.05, 0.1) is 17.8 Å². The molecule has 0 fully saturated rings. The van der Waals surface area contributed by atoms with Crippen LogP contribution < -0.4 is 16.1 Å². The van der Waals surface area contributed by atoms with Crippen LogP contribution in [-0.4, -0.2) is 19.1 Å². The molecule has 0 saturated heterocycles. The highest BCUT2D eigenvalue weighted by Crippen LogP contribution is 2.29. The number of halogens is 2. The molecule has 0 bridgehead atoms. The quantitative estimate of drug-likeness (QED) is 0.442. The molecule has 1 aromatic rings. The van der Waals surface area contributed by atoms with E-state index in [2.05, 4.69) is 10.3 Å². The highest BCUT2D eigenvalue weighted by molar-refractivity contribution is 6.35. The van der Waals surface area contributed by atoms with E-state index in [0.717, 1.165) is 10.5 Å². The van der Waals surface area contributed by atoms with Crippen LogP contribution in [-0.2, 0) is 4.84 Å². The molecule has 0 atom stereocenters. The number of carbonyl (C=O) groups excluding carboxylic acids is 1. The van der Waals surface area contributed by atoms with Gasteiger partial charge in [0.1, 0.15) is 0 Å². The molecule has 1 aromatic carbocycles. The monoisotopic (exact) mass is 292 g/mol. The number of guanidine groups is 1. The van der Waals surface area contributed by atoms with Crippen LogP contribution in [0.3, 0.4) is 0 Å². The smallest absolute Gasteiger partial charge is 0.352 e. The molecule has 2 amide bonds. The summed E-state index contributed by atoms with van der Waals surface area (Å²) < 4.78 is 0. The topological polar surface area (TPSA) is 91.4 Å². The average Bonchev–Trinajstić information content (AvgIpc) is 2.23. The molecule has 0 saturated carbocycles. The van der Waals surface area contributed by atoms with E-state index in [0.29, 0.717) is 10.7 Å². The number of amides is 2. The molecule has 0 aromatic heterocycles. The van der Waals surface area contributed by atoms with Gasteiger partial charge in [-0.25, -0.2) is 15.2 Å². The summed E-state index contributed by atoms with van der Waals surface area (Å²) >= 11 is 6.00. The lowest BCUT2D eigenvalue weighted by Gasteiger charge is -2.23. The van der Waals surface area contributed by atoms with E-state index in [4.69, 9.17) is 22.7 Å². The number of nitrogens with two attached hydrogens (primary N) is 1. The number of hydrogen-bond donors (Lipinski definition) is 3. The first-order chi connectivity index (χ1) is 7.99. The first kappa shape index (κ1) is 16.5. The molecule has 0 aliphatic heterocycles. The molecule has 100 valence electrons. The van der Waals surface area contributed by atoms with Gasteiger partial charge in [-0.05, 0) is 18.6 Å². The SMILES string of the molecule is CONC(=O)N(C(=N)N)c1c(C)cccc1Cl.Cl. The van der Waals surface area contributed by atoms with Gasteiger partial charge in [0.25, 0.3) is 0 Å². The molecule has 0 aliphatic carbocycles. The Hall–Kier alpha value is -1.50. The Morgan fingerprint density at radius 2 is 2.17 bits per heavy atom. The van der Waals surface area contributed by atoms with Crippen molar-refractivity contribution in [1.82, 2.24) is 5.48 Å². The van der Waals surface area contributed by atoms with E-state index >= 15 is 0 Å². The van der Waals surface area contributed by atoms with E-state index in [1.165, 1.54) is 7.11 Å². The maximum absolute atomic E-state index is 11.7. The lowest BCUT2D eigenvalue weighted by atomic mass is 10.2. The zero-order valence-corrected chi connectivity index (χ0v) is 11.4. The maximum atomic E-state index is 11.7. The third-order valence-electron chi connectivity index (χ3n) is 2.05. The van der Waals surface area contributed by atoms with Crippen molar-refractivity contribution < 1.29 is 9.63 Å². The second kappa shape index (κ2) is 7.05. The van der Waals surface area contributed by atoms with Crippen LogP contribution in [0.2, 0.25) is 5.02 Å². The molecule has 8 heteroatoms. The molecule has 0 aliphatic rings. The average molecular weight is 293 g/mol. The Bertz CT molecular complexity index is 433. The zero-order chi connectivity index (χ0) is 13.0. The molecule has 0 radical (unpaired) electrons. The Balaban J connectivity index is 0.00000289. The van der Waals surface area contributed by atoms with E-state index in [1.807, 2.05) is 0 Å². The third-order valence-corrected chi connectivity index (χ3v) is 2.35. The Morgan fingerprint density at radius 3 is 2.61 bits per heavy atom. The molecule has 4 N–H and O–H groups in total. The normalized spacial score (nSPS) is 9.28. The third kappa shape index (κ3) is 3.49. The van der Waals surface area contributed by atoms with Crippen LogP contribution >= 0.6 is 24.0 Å². The van der Waals surface area contributed by atoms with E-state index in [1.54, 1.807) is 25.1 Å². The van der Waals surface area contributed by atoms with E-state index < -0.39 is 12.0 Å². The predicted octanol–water partition coefficient (Wildman–Crippen LogP) is 2.04. The zero-order valence-electron chi connectivity index (χ0n) is 9.86. The minimum atomic E-state index is -0.684. The first-order valence-electron chi connectivity index (χ1n) is 4.71. The van der Waals surface area contributed by atoms with Gasteiger partial charge in [0.2, 0.25) is 5.96 Å². The van der Waals surface area contributed by atoms with Crippen molar-refractivity contribution in [2.75, 3.05) is 12.0 Å². The van der Waals surface area contributed by atoms with Crippen molar-refractivity contribution >= 4 is 41.7 Å². The number of rotatable bonds is 2. The van der Waals surface area contributed by atoms with Crippen molar-refractivity contribution in [3.63, 3.8) is 0 Å². The molecular formula is C10H14Cl2N4O2. The lowest BCUT2D eigenvalue weighted by Crippen LogP contribution is -2.47. The summed E-state index contributed by atoms with van der Waals surface area (Å²) in [6, 6.07) is 4.43. The Kier molecular flexibility index (Phi) is 6.46. The molecule has 0 unspecified atom stereocenters. The van der Waals surface area contributed by atoms with Crippen molar-refractivity contribution in [1.29, 1.82) is 5.41 Å². The second-order valence-corrected chi connectivity index (χ2v) is 3.64. The van der Waals surface area contributed by atoms with Crippen molar-refractivity contribution in [2.24, 2.45) is 5.73 Å². The van der Waals surface area contributed by atoms with Gasteiger partial charge in [-0.3, -0.25) is 10.2 Å². The summed E-state index contributed by atoms with van der Waals surface area (Å²) in [4.78, 5) is 17.1. The summed E-state index contributed by atoms with van der Waals surface area (Å²) in [6.45, 7) is 1.76. The molecule has 18 heavy (non-hydrogen) atoms. The number of nitrogens with zero attached hydrogens (tertiary/aromatic N) is 1. The van der Waals surface area contributed by atoms with Crippen LogP contribution in [0.4, 0.5) is 10.5 Å². The minimum Gasteiger partial charge on any atom is -0.369 e. The summed E-state index contributed by atoms with van der Waals surface area (Å²) in [5.41, 5.74) is 8.54. The largest absolute Gasteiger partial charge is 0.369 e. The van der Waals surface area contributed by atoms with Crippen molar-refractivity contribution in [3.8, 4) is 0 Å². The fourth-order valence-electron chi connectivity index (χ4n) is 1.37. The predicted molar refractivity (Wildman–Crippen MR) is 73.4 cm³/mol. The molecule has 0 heterocycles. The number of hydrogen-bond acceptors (Lipinski definition) is 3. The van der Waals surface area contributed by atoms with Crippen LogP contribution in [0, 0.1) is 12.3 Å². The summed E-state index contributed by atoms with van der Waals surface area (Å²) in [7, 11) is 1.29. The maximum Gasteiger partial charge on any atom is 0.352 e. The highest BCUT2D eigenvalue weighted by atomic mass is 35.5. The van der Waals surface area contributed by atoms with Gasteiger partial charge < -0.3 is 5.73 Å². The van der Waals surface area contributed by atoms with Crippen LogP contribution in [0.25, 0.3) is 0 Å². The van der Waals surface area contributed by atoms with Gasteiger partial charge in [-0.15, -0.1) is 12.4 Å². The van der Waals surface area contributed by atoms with Gasteiger partial charge >= 0.3 is 6.03 Å². The minimum absolute atomic E-state index is 0. The van der Waals surface area contributed by atoms with Gasteiger partial charge in [0.15, 0.2) is 0 Å². The number of anilines is 1. The van der Waals surface area contributed by atoms with Crippen LogP contribution in [0.15, 0.2) is 18.2 Å². The van der Waals surface area contributed by atoms with Crippen molar-refractivity contribution in [2.45, 2.75) is 6.92 Å². The van der Waals surface area contributed by atoms with E-state index in [9.17, 15) is 4.79 Å². The Labute approximate surface area is 116 Å². The number of benzene rings is 1. The van der Waals surface area contributed by atoms with Crippen LogP contribution in [0.5, 0.6) is 0 Å². The highest BCUT2D eigenvalue weighted by Gasteiger charge is 2.22. The van der Waals surface area contributed by atoms with Gasteiger partial charge in [-0.1, -0.05) is 23.7 Å². The number of urea groups is 1. The molecule has 6 nitrogen and oxygen atoms in total. The second-order valence-electron chi connectivity index (χ2n) is 3.24. The standard InChI is InChI=1S/C10H13ClN4O2.ClH/c1-6-4-3-5-7(11)8(6)15(9(12)13)10(16)14-17-2;/h3-5H,1-2H3,(H3,12,13)(H,14,16);1H. The number of aryl methyl sites for hydroxylation is 1. The van der Waals surface area contributed by atoms with E-state index in [-0.39, 0.29) is 12.4 Å². The number of para-hydroxylation sites is 1. The molecule has 1 rings (SSSR count). The lowest BCUT2D eigenvalue weighted by molar-refractivity contribution is 0.112. The van der Waals surface area contributed by atoms with Crippen LogP contribution in [0.1, 0.15) is 5.56 Å². The Morgan fingerprint density at radius 1 is 1.56 bits per heavy atom.